The minimum absolute atomic E-state index is 0.0286. The number of hydrogen-bond acceptors (Lipinski definition) is 9. The summed E-state index contributed by atoms with van der Waals surface area (Å²) in [6.45, 7) is -0.130. The van der Waals surface area contributed by atoms with Crippen LogP contribution in [0, 0.1) is 0 Å². The van der Waals surface area contributed by atoms with E-state index in [9.17, 15) is 18.7 Å². The average Bonchev–Trinajstić information content (AvgIpc) is 3.34. The predicted octanol–water partition coefficient (Wildman–Crippen LogP) is 3.59. The first-order valence-corrected chi connectivity index (χ1v) is 12.5. The number of carbonyl (C=O) groups is 1. The van der Waals surface area contributed by atoms with Gasteiger partial charge in [-0.2, -0.15) is 0 Å². The van der Waals surface area contributed by atoms with Crippen molar-refractivity contribution in [1.82, 2.24) is 29.8 Å². The van der Waals surface area contributed by atoms with Crippen LogP contribution in [0.15, 0.2) is 53.3 Å². The number of likely N-dealkylation sites (tertiary alicyclic amines) is 1. The molecule has 0 unspecified atom stereocenters. The monoisotopic (exact) mass is 537 g/mol. The number of alkyl halides is 2. The van der Waals surface area contributed by atoms with E-state index in [1.54, 1.807) is 25.4 Å². The quantitative estimate of drug-likeness (QED) is 0.329. The van der Waals surface area contributed by atoms with Crippen molar-refractivity contribution >= 4 is 17.5 Å². The first kappa shape index (κ1) is 24.9. The van der Waals surface area contributed by atoms with Crippen molar-refractivity contribution in [1.29, 1.82) is 0 Å². The molecule has 1 aromatic carbocycles. The lowest BCUT2D eigenvalue weighted by atomic mass is 9.98. The zero-order valence-corrected chi connectivity index (χ0v) is 20.9. The Hall–Kier alpha value is -4.39. The Labute approximate surface area is 221 Å². The SMILES string of the molecule is CN1CC[C@@](O)(c2cc(-c3cccc(-c4ccnc(Nc5cn(CC(F)F)nc5OC5CC5)n4)c3)no2)C1=O. The van der Waals surface area contributed by atoms with Gasteiger partial charge in [0.2, 0.25) is 11.5 Å². The molecule has 6 rings (SSSR count). The molecule has 0 bridgehead atoms. The molecule has 4 heterocycles. The number of aromatic nitrogens is 5. The van der Waals surface area contributed by atoms with Gasteiger partial charge in [0, 0.05) is 43.4 Å². The standard InChI is InChI=1S/C26H25F2N7O4/c1-34-10-8-26(37,24(34)36)21-12-19(33-39-21)16-4-2-3-15(11-16)18-7-9-29-25(30-18)31-20-13-35(14-22(27)28)32-23(20)38-17-5-6-17/h2-4,7,9,11-13,17,22,37H,5-6,8,10,14H2,1H3,(H,29,30,31)/t26-/m1/s1. The van der Waals surface area contributed by atoms with Crippen molar-refractivity contribution in [2.24, 2.45) is 0 Å². The van der Waals surface area contributed by atoms with Gasteiger partial charge >= 0.3 is 0 Å². The van der Waals surface area contributed by atoms with E-state index in [1.807, 2.05) is 24.3 Å². The molecule has 11 nitrogen and oxygen atoms in total. The molecule has 1 aliphatic carbocycles. The molecule has 2 N–H and O–H groups in total. The Kier molecular flexibility index (Phi) is 6.22. The lowest BCUT2D eigenvalue weighted by molar-refractivity contribution is -0.144. The normalized spacial score (nSPS) is 19.2. The van der Waals surface area contributed by atoms with Crippen LogP contribution < -0.4 is 10.1 Å². The number of halogens is 2. The molecule has 1 atom stereocenters. The molecule has 1 saturated carbocycles. The summed E-state index contributed by atoms with van der Waals surface area (Å²) < 4.78 is 38.1. The largest absolute Gasteiger partial charge is 0.472 e. The lowest BCUT2D eigenvalue weighted by Gasteiger charge is -2.16. The maximum absolute atomic E-state index is 12.9. The van der Waals surface area contributed by atoms with Gasteiger partial charge in [0.15, 0.2) is 5.76 Å². The Morgan fingerprint density at radius 3 is 2.74 bits per heavy atom. The number of rotatable bonds is 9. The first-order chi connectivity index (χ1) is 18.8. The fourth-order valence-electron chi connectivity index (χ4n) is 4.38. The van der Waals surface area contributed by atoms with Crippen LogP contribution in [0.25, 0.3) is 22.5 Å². The number of aliphatic hydroxyl groups is 1. The predicted molar refractivity (Wildman–Crippen MR) is 134 cm³/mol. The van der Waals surface area contributed by atoms with Crippen molar-refractivity contribution in [3.05, 3.63) is 54.6 Å². The maximum Gasteiger partial charge on any atom is 0.262 e. The van der Waals surface area contributed by atoms with Crippen LogP contribution in [0.2, 0.25) is 0 Å². The Bertz CT molecular complexity index is 1520. The number of carbonyl (C=O) groups excluding carboxylic acids is 1. The fraction of sp³-hybridized carbons (Fsp3) is 0.346. The number of nitrogens with one attached hydrogen (secondary N) is 1. The summed E-state index contributed by atoms with van der Waals surface area (Å²) >= 11 is 0. The summed E-state index contributed by atoms with van der Waals surface area (Å²) in [5.41, 5.74) is 1.17. The summed E-state index contributed by atoms with van der Waals surface area (Å²) in [7, 11) is 1.63. The number of likely N-dealkylation sites (N-methyl/N-ethyl adjacent to an activating group) is 1. The molecular formula is C26H25F2N7O4. The van der Waals surface area contributed by atoms with E-state index in [-0.39, 0.29) is 30.1 Å². The topological polar surface area (TPSA) is 131 Å². The molecule has 13 heteroatoms. The van der Waals surface area contributed by atoms with Crippen LogP contribution in [0.3, 0.4) is 0 Å². The van der Waals surface area contributed by atoms with E-state index >= 15 is 0 Å². The van der Waals surface area contributed by atoms with E-state index in [4.69, 9.17) is 9.26 Å². The van der Waals surface area contributed by atoms with Gasteiger partial charge in [0.1, 0.15) is 24.0 Å². The smallest absolute Gasteiger partial charge is 0.262 e. The number of anilines is 2. The summed E-state index contributed by atoms with van der Waals surface area (Å²) in [6, 6.07) is 10.7. The Morgan fingerprint density at radius 1 is 1.23 bits per heavy atom. The van der Waals surface area contributed by atoms with Gasteiger partial charge in [-0.3, -0.25) is 9.48 Å². The summed E-state index contributed by atoms with van der Waals surface area (Å²) in [5, 5.41) is 22.1. The van der Waals surface area contributed by atoms with Gasteiger partial charge < -0.3 is 24.6 Å². The maximum atomic E-state index is 12.9. The summed E-state index contributed by atoms with van der Waals surface area (Å²) in [5.74, 6) is 0.141. The summed E-state index contributed by atoms with van der Waals surface area (Å²) in [6.07, 6.45) is 2.51. The highest BCUT2D eigenvalue weighted by atomic mass is 19.3. The average molecular weight is 538 g/mol. The van der Waals surface area contributed by atoms with E-state index in [2.05, 4.69) is 25.5 Å². The number of benzene rings is 1. The van der Waals surface area contributed by atoms with Crippen LogP contribution >= 0.6 is 0 Å². The van der Waals surface area contributed by atoms with Crippen LogP contribution in [0.4, 0.5) is 20.4 Å². The summed E-state index contributed by atoms with van der Waals surface area (Å²) in [4.78, 5) is 22.7. The second-order valence-corrected chi connectivity index (χ2v) is 9.66. The fourth-order valence-corrected chi connectivity index (χ4v) is 4.38. The molecule has 2 fully saturated rings. The molecule has 3 aromatic heterocycles. The molecule has 202 valence electrons. The van der Waals surface area contributed by atoms with Gasteiger partial charge in [-0.1, -0.05) is 23.4 Å². The molecule has 1 aliphatic heterocycles. The van der Waals surface area contributed by atoms with Crippen molar-refractivity contribution in [3.63, 3.8) is 0 Å². The number of ether oxygens (including phenoxy) is 1. The van der Waals surface area contributed by atoms with E-state index in [1.165, 1.54) is 11.1 Å². The van der Waals surface area contributed by atoms with Gasteiger partial charge in [-0.05, 0) is 25.0 Å². The van der Waals surface area contributed by atoms with E-state index in [0.29, 0.717) is 29.2 Å². The highest BCUT2D eigenvalue weighted by Crippen LogP contribution is 2.36. The highest BCUT2D eigenvalue weighted by molar-refractivity contribution is 5.87. The highest BCUT2D eigenvalue weighted by Gasteiger charge is 2.48. The molecule has 2 aliphatic rings. The Morgan fingerprint density at radius 2 is 2.03 bits per heavy atom. The van der Waals surface area contributed by atoms with E-state index in [0.717, 1.165) is 23.1 Å². The van der Waals surface area contributed by atoms with Gasteiger partial charge in [-0.25, -0.2) is 18.7 Å². The molecule has 1 amide bonds. The van der Waals surface area contributed by atoms with Gasteiger partial charge in [0.05, 0.1) is 11.9 Å². The van der Waals surface area contributed by atoms with Crippen LogP contribution in [-0.4, -0.2) is 66.9 Å². The molecule has 4 aromatic rings. The third-order valence-electron chi connectivity index (χ3n) is 6.64. The second-order valence-electron chi connectivity index (χ2n) is 9.66. The second kappa shape index (κ2) is 9.73. The number of nitrogens with zero attached hydrogens (tertiary/aromatic N) is 6. The van der Waals surface area contributed by atoms with Crippen molar-refractivity contribution in [2.75, 3.05) is 18.9 Å². The zero-order chi connectivity index (χ0) is 27.1. The van der Waals surface area contributed by atoms with Crippen molar-refractivity contribution in [3.8, 4) is 28.4 Å². The van der Waals surface area contributed by atoms with Crippen LogP contribution in [0.5, 0.6) is 5.88 Å². The van der Waals surface area contributed by atoms with Crippen LogP contribution in [-0.2, 0) is 16.9 Å². The minimum atomic E-state index is -2.55. The van der Waals surface area contributed by atoms with Gasteiger partial charge in [-0.15, -0.1) is 5.10 Å². The lowest BCUT2D eigenvalue weighted by Crippen LogP contribution is -2.35. The molecule has 0 spiro atoms. The Balaban J connectivity index is 1.24. The van der Waals surface area contributed by atoms with E-state index < -0.39 is 24.5 Å². The number of hydrogen-bond donors (Lipinski definition) is 2. The van der Waals surface area contributed by atoms with Crippen LogP contribution in [0.1, 0.15) is 25.0 Å². The first-order valence-electron chi connectivity index (χ1n) is 12.5. The number of amides is 1. The molecular weight excluding hydrogens is 512 g/mol. The molecule has 39 heavy (non-hydrogen) atoms. The minimum Gasteiger partial charge on any atom is -0.472 e. The van der Waals surface area contributed by atoms with Crippen molar-refractivity contribution < 1.29 is 27.9 Å². The molecule has 1 saturated heterocycles. The van der Waals surface area contributed by atoms with Crippen molar-refractivity contribution in [2.45, 2.75) is 43.9 Å². The zero-order valence-electron chi connectivity index (χ0n) is 20.9. The van der Waals surface area contributed by atoms with Gasteiger partial charge in [0.25, 0.3) is 18.2 Å². The third kappa shape index (κ3) is 5.04. The third-order valence-corrected chi connectivity index (χ3v) is 6.64. The molecule has 0 radical (unpaired) electrons.